The fourth-order valence-corrected chi connectivity index (χ4v) is 6.89. The number of rotatable bonds is 8. The van der Waals surface area contributed by atoms with Crippen molar-refractivity contribution in [3.8, 4) is 17.2 Å². The first-order valence-electron chi connectivity index (χ1n) is 14.9. The summed E-state index contributed by atoms with van der Waals surface area (Å²) in [5.74, 6) is -0.861. The van der Waals surface area contributed by atoms with Gasteiger partial charge in [-0.05, 0) is 79.1 Å². The zero-order valence-corrected chi connectivity index (χ0v) is 25.8. The van der Waals surface area contributed by atoms with Crippen molar-refractivity contribution in [2.24, 2.45) is 0 Å². The smallest absolute Gasteiger partial charge is 0.301 e. The summed E-state index contributed by atoms with van der Waals surface area (Å²) in [7, 11) is 0. The van der Waals surface area contributed by atoms with Crippen molar-refractivity contribution in [3.05, 3.63) is 119 Å². The van der Waals surface area contributed by atoms with E-state index in [1.54, 1.807) is 36.4 Å². The summed E-state index contributed by atoms with van der Waals surface area (Å²) in [6, 6.07) is 23.2. The fraction of sp³-hybridized carbons (Fsp3) is 0.194. The van der Waals surface area contributed by atoms with Crippen LogP contribution in [0.1, 0.15) is 42.1 Å². The maximum absolute atomic E-state index is 14.1. The maximum Gasteiger partial charge on any atom is 0.301 e. The average Bonchev–Trinajstić information content (AvgIpc) is 3.72. The molecule has 4 aromatic carbocycles. The highest BCUT2D eigenvalue weighted by molar-refractivity contribution is 7.22. The van der Waals surface area contributed by atoms with Crippen molar-refractivity contribution in [1.82, 2.24) is 4.98 Å². The predicted molar refractivity (Wildman–Crippen MR) is 173 cm³/mol. The number of aliphatic hydroxyl groups is 1. The van der Waals surface area contributed by atoms with E-state index in [0.29, 0.717) is 52.5 Å². The Labute approximate surface area is 268 Å². The Morgan fingerprint density at radius 3 is 2.65 bits per heavy atom. The molecule has 0 spiro atoms. The Morgan fingerprint density at radius 2 is 1.85 bits per heavy atom. The van der Waals surface area contributed by atoms with Crippen LogP contribution in [0.2, 0.25) is 0 Å². The van der Waals surface area contributed by atoms with Gasteiger partial charge in [0, 0.05) is 12.0 Å². The molecule has 1 N–H and O–H groups in total. The van der Waals surface area contributed by atoms with E-state index in [1.165, 1.54) is 23.1 Å². The minimum Gasteiger partial charge on any atom is -0.507 e. The molecule has 5 aromatic rings. The summed E-state index contributed by atoms with van der Waals surface area (Å²) in [6.45, 7) is 4.45. The van der Waals surface area contributed by atoms with Crippen molar-refractivity contribution in [3.63, 3.8) is 0 Å². The Kier molecular flexibility index (Phi) is 7.66. The van der Waals surface area contributed by atoms with Gasteiger partial charge in [-0.3, -0.25) is 14.5 Å². The highest BCUT2D eigenvalue weighted by atomic mass is 32.1. The van der Waals surface area contributed by atoms with Crippen LogP contribution in [-0.2, 0) is 22.6 Å². The first-order chi connectivity index (χ1) is 22.3. The molecule has 1 amide bonds. The third kappa shape index (κ3) is 5.34. The van der Waals surface area contributed by atoms with Gasteiger partial charge in [0.05, 0.1) is 28.4 Å². The number of aliphatic hydroxyl groups excluding tert-OH is 1. The summed E-state index contributed by atoms with van der Waals surface area (Å²) < 4.78 is 32.5. The number of ketones is 1. The number of aromatic nitrogens is 1. The van der Waals surface area contributed by atoms with Crippen molar-refractivity contribution in [1.29, 1.82) is 0 Å². The topological polar surface area (TPSA) is 98.2 Å². The van der Waals surface area contributed by atoms with E-state index in [0.717, 1.165) is 28.2 Å². The number of nitrogens with zero attached hydrogens (tertiary/aromatic N) is 2. The number of carbonyl (C=O) groups excluding carboxylic acids is 2. The SMILES string of the molecule is CCOc1cc([C@@H]2C(=C(O)c3ccc4c(c3)C[C@@H](C)O4)C(=O)C(=O)N2c2nc3ccc(F)cc3s2)ccc1OCc1ccccc1. The summed E-state index contributed by atoms with van der Waals surface area (Å²) in [6.07, 6.45) is 0.639. The molecule has 10 heteroatoms. The predicted octanol–water partition coefficient (Wildman–Crippen LogP) is 7.36. The molecule has 2 aliphatic heterocycles. The Bertz CT molecular complexity index is 2020. The van der Waals surface area contributed by atoms with E-state index >= 15 is 0 Å². The molecule has 232 valence electrons. The minimum atomic E-state index is -1.06. The number of fused-ring (bicyclic) bond motifs is 2. The van der Waals surface area contributed by atoms with Crippen LogP contribution in [0.15, 0.2) is 90.5 Å². The Morgan fingerprint density at radius 1 is 1.02 bits per heavy atom. The number of halogens is 1. The van der Waals surface area contributed by atoms with Crippen LogP contribution < -0.4 is 19.1 Å². The number of hydrogen-bond donors (Lipinski definition) is 1. The third-order valence-corrected chi connectivity index (χ3v) is 9.00. The van der Waals surface area contributed by atoms with E-state index < -0.39 is 23.5 Å². The summed E-state index contributed by atoms with van der Waals surface area (Å²) in [4.78, 5) is 33.5. The van der Waals surface area contributed by atoms with Gasteiger partial charge in [0.1, 0.15) is 30.0 Å². The number of carbonyl (C=O) groups is 2. The molecule has 1 fully saturated rings. The standard InChI is InChI=1S/C36H29FN2O6S/c1-3-43-29-17-22(9-14-28(29)44-19-21-7-5-4-6-8-21)32-31(33(40)23-10-13-27-24(16-23)15-20(2)45-27)34(41)35(42)39(32)36-38-26-12-11-25(37)18-30(26)46-36/h4-14,16-18,20,32,40H,3,15,19H2,1-2H3/t20-,32-/m1/s1. The number of Topliss-reactive ketones (excluding diaryl/α,β-unsaturated/α-hetero) is 1. The first kappa shape index (κ1) is 29.5. The second-order valence-corrected chi connectivity index (χ2v) is 12.2. The summed E-state index contributed by atoms with van der Waals surface area (Å²) in [5.41, 5.74) is 3.15. The molecule has 0 saturated carbocycles. The van der Waals surface area contributed by atoms with E-state index in [-0.39, 0.29) is 22.6 Å². The summed E-state index contributed by atoms with van der Waals surface area (Å²) >= 11 is 1.09. The minimum absolute atomic E-state index is 0.0125. The zero-order valence-electron chi connectivity index (χ0n) is 25.0. The van der Waals surface area contributed by atoms with E-state index in [1.807, 2.05) is 44.2 Å². The molecule has 2 atom stereocenters. The first-order valence-corrected chi connectivity index (χ1v) is 15.7. The molecular formula is C36H29FN2O6S. The van der Waals surface area contributed by atoms with E-state index in [9.17, 15) is 19.1 Å². The van der Waals surface area contributed by atoms with Gasteiger partial charge in [0.25, 0.3) is 5.78 Å². The van der Waals surface area contributed by atoms with Crippen molar-refractivity contribution in [2.75, 3.05) is 11.5 Å². The molecule has 0 bridgehead atoms. The van der Waals surface area contributed by atoms with Crippen molar-refractivity contribution < 1.29 is 33.3 Å². The van der Waals surface area contributed by atoms with E-state index in [2.05, 4.69) is 4.98 Å². The molecule has 0 radical (unpaired) electrons. The molecule has 0 unspecified atom stereocenters. The molecule has 1 aromatic heterocycles. The molecule has 3 heterocycles. The highest BCUT2D eigenvalue weighted by Gasteiger charge is 2.48. The van der Waals surface area contributed by atoms with Crippen LogP contribution >= 0.6 is 11.3 Å². The van der Waals surface area contributed by atoms with Gasteiger partial charge in [0.15, 0.2) is 16.6 Å². The van der Waals surface area contributed by atoms with Crippen molar-refractivity contribution >= 4 is 44.1 Å². The van der Waals surface area contributed by atoms with Gasteiger partial charge in [-0.2, -0.15) is 0 Å². The van der Waals surface area contributed by atoms with Gasteiger partial charge in [-0.25, -0.2) is 9.37 Å². The van der Waals surface area contributed by atoms with Crippen LogP contribution in [-0.4, -0.2) is 34.5 Å². The molecule has 1 saturated heterocycles. The molecule has 8 nitrogen and oxygen atoms in total. The van der Waals surface area contributed by atoms with Crippen LogP contribution in [0.5, 0.6) is 17.2 Å². The van der Waals surface area contributed by atoms with Gasteiger partial charge in [-0.15, -0.1) is 0 Å². The second-order valence-electron chi connectivity index (χ2n) is 11.1. The monoisotopic (exact) mass is 636 g/mol. The molecule has 2 aliphatic rings. The largest absolute Gasteiger partial charge is 0.507 e. The van der Waals surface area contributed by atoms with Crippen LogP contribution in [0, 0.1) is 5.82 Å². The number of benzene rings is 4. The lowest BCUT2D eigenvalue weighted by Crippen LogP contribution is -2.29. The molecule has 46 heavy (non-hydrogen) atoms. The lowest BCUT2D eigenvalue weighted by Gasteiger charge is -2.24. The highest BCUT2D eigenvalue weighted by Crippen LogP contribution is 2.46. The third-order valence-electron chi connectivity index (χ3n) is 7.98. The number of hydrogen-bond acceptors (Lipinski definition) is 8. The van der Waals surface area contributed by atoms with Gasteiger partial charge >= 0.3 is 5.91 Å². The Hall–Kier alpha value is -5.22. The maximum atomic E-state index is 14.1. The lowest BCUT2D eigenvalue weighted by atomic mass is 9.94. The summed E-state index contributed by atoms with van der Waals surface area (Å²) in [5, 5.41) is 11.9. The van der Waals surface area contributed by atoms with Crippen LogP contribution in [0.3, 0.4) is 0 Å². The number of amides is 1. The fourth-order valence-electron chi connectivity index (χ4n) is 5.88. The zero-order chi connectivity index (χ0) is 31.9. The number of anilines is 1. The van der Waals surface area contributed by atoms with Gasteiger partial charge in [-0.1, -0.05) is 47.7 Å². The normalized spacial score (nSPS) is 18.5. The number of thiazole rings is 1. The van der Waals surface area contributed by atoms with E-state index in [4.69, 9.17) is 14.2 Å². The van der Waals surface area contributed by atoms with Crippen LogP contribution in [0.4, 0.5) is 9.52 Å². The van der Waals surface area contributed by atoms with Crippen LogP contribution in [0.25, 0.3) is 16.0 Å². The van der Waals surface area contributed by atoms with Gasteiger partial charge < -0.3 is 19.3 Å². The number of ether oxygens (including phenoxy) is 3. The molecular weight excluding hydrogens is 607 g/mol. The van der Waals surface area contributed by atoms with Gasteiger partial charge in [0.2, 0.25) is 0 Å². The quantitative estimate of drug-likeness (QED) is 0.108. The lowest BCUT2D eigenvalue weighted by molar-refractivity contribution is -0.132. The van der Waals surface area contributed by atoms with Crippen molar-refractivity contribution in [2.45, 2.75) is 39.0 Å². The molecule has 0 aliphatic carbocycles. The second kappa shape index (κ2) is 11.9. The average molecular weight is 637 g/mol. The molecule has 7 rings (SSSR count). The Balaban J connectivity index is 1.36.